The number of amides is 1. The van der Waals surface area contributed by atoms with E-state index < -0.39 is 0 Å². The summed E-state index contributed by atoms with van der Waals surface area (Å²) in [6.45, 7) is 2.37. The largest absolute Gasteiger partial charge is 0.395 e. The molecule has 21 heavy (non-hydrogen) atoms. The molecule has 3 N–H and O–H groups in total. The summed E-state index contributed by atoms with van der Waals surface area (Å²) in [7, 11) is 3.36. The number of carbonyl (C=O) groups excluding carboxylic acids is 1. The Morgan fingerprint density at radius 2 is 2.14 bits per heavy atom. The van der Waals surface area contributed by atoms with Crippen molar-refractivity contribution in [3.05, 3.63) is 41.2 Å². The van der Waals surface area contributed by atoms with Gasteiger partial charge in [0, 0.05) is 19.8 Å². The Morgan fingerprint density at radius 3 is 2.76 bits per heavy atom. The van der Waals surface area contributed by atoms with Crippen LogP contribution in [0, 0.1) is 6.92 Å². The van der Waals surface area contributed by atoms with E-state index in [4.69, 9.17) is 10.5 Å². The summed E-state index contributed by atoms with van der Waals surface area (Å²) in [5, 5.41) is 7.05. The summed E-state index contributed by atoms with van der Waals surface area (Å²) in [5.41, 5.74) is 9.12. The number of benzene rings is 1. The molecule has 0 aliphatic rings. The quantitative estimate of drug-likeness (QED) is 0.878. The average molecular weight is 288 g/mol. The molecule has 112 valence electrons. The molecule has 1 heterocycles. The Kier molecular flexibility index (Phi) is 4.59. The molecule has 6 heteroatoms. The van der Waals surface area contributed by atoms with Gasteiger partial charge in [-0.15, -0.1) is 0 Å². The van der Waals surface area contributed by atoms with Gasteiger partial charge >= 0.3 is 0 Å². The molecule has 2 rings (SSSR count). The topological polar surface area (TPSA) is 82.2 Å². The maximum absolute atomic E-state index is 12.4. The Balaban J connectivity index is 2.23. The van der Waals surface area contributed by atoms with E-state index in [1.165, 1.54) is 4.68 Å². The van der Waals surface area contributed by atoms with Crippen LogP contribution < -0.4 is 11.1 Å². The first kappa shape index (κ1) is 15.1. The third-order valence-corrected chi connectivity index (χ3v) is 3.32. The molecule has 1 aromatic carbocycles. The number of nitrogens with two attached hydrogens (primary N) is 1. The maximum Gasteiger partial charge on any atom is 0.276 e. The van der Waals surface area contributed by atoms with E-state index in [1.54, 1.807) is 21.1 Å². The van der Waals surface area contributed by atoms with Gasteiger partial charge < -0.3 is 15.8 Å². The summed E-state index contributed by atoms with van der Waals surface area (Å²) in [6.07, 6.45) is 0.729. The molecule has 0 radical (unpaired) electrons. The molecule has 0 saturated heterocycles. The van der Waals surface area contributed by atoms with E-state index >= 15 is 0 Å². The van der Waals surface area contributed by atoms with Gasteiger partial charge in [-0.25, -0.2) is 0 Å². The fourth-order valence-electron chi connectivity index (χ4n) is 2.20. The molecule has 2 aromatic rings. The van der Waals surface area contributed by atoms with Gasteiger partial charge in [0.1, 0.15) is 5.69 Å². The molecule has 1 amide bonds. The number of para-hydroxylation sites is 1. The lowest BCUT2D eigenvalue weighted by Gasteiger charge is -2.11. The molecule has 0 aliphatic heterocycles. The summed E-state index contributed by atoms with van der Waals surface area (Å²) in [4.78, 5) is 12.4. The zero-order valence-electron chi connectivity index (χ0n) is 12.5. The first-order chi connectivity index (χ1) is 10.0. The monoisotopic (exact) mass is 288 g/mol. The van der Waals surface area contributed by atoms with Crippen molar-refractivity contribution in [2.24, 2.45) is 7.05 Å². The summed E-state index contributed by atoms with van der Waals surface area (Å²) in [5.74, 6) is -0.263. The van der Waals surface area contributed by atoms with Crippen LogP contribution in [0.5, 0.6) is 0 Å². The highest BCUT2D eigenvalue weighted by Gasteiger charge is 2.18. The summed E-state index contributed by atoms with van der Waals surface area (Å²) in [6, 6.07) is 7.64. The standard InChI is InChI=1S/C15H20N4O2/c1-10-13(16)14(19(2)18-10)15(20)17-12-7-5-4-6-11(12)8-9-21-3/h4-7H,8-9,16H2,1-3H3,(H,17,20). The number of nitrogens with zero attached hydrogens (tertiary/aromatic N) is 2. The summed E-state index contributed by atoms with van der Waals surface area (Å²) < 4.78 is 6.58. The summed E-state index contributed by atoms with van der Waals surface area (Å²) >= 11 is 0. The van der Waals surface area contributed by atoms with Crippen molar-refractivity contribution in [1.82, 2.24) is 9.78 Å². The van der Waals surface area contributed by atoms with Crippen LogP contribution >= 0.6 is 0 Å². The van der Waals surface area contributed by atoms with E-state index in [0.29, 0.717) is 23.7 Å². The highest BCUT2D eigenvalue weighted by atomic mass is 16.5. The predicted molar refractivity (Wildman–Crippen MR) is 82.3 cm³/mol. The first-order valence-electron chi connectivity index (χ1n) is 6.72. The minimum Gasteiger partial charge on any atom is -0.395 e. The van der Waals surface area contributed by atoms with Gasteiger partial charge in [0.15, 0.2) is 0 Å². The number of aromatic nitrogens is 2. The van der Waals surface area contributed by atoms with Crippen LogP contribution in [-0.2, 0) is 18.2 Å². The number of nitrogens with one attached hydrogen (secondary N) is 1. The molecular formula is C15H20N4O2. The number of methoxy groups -OCH3 is 1. The number of rotatable bonds is 5. The van der Waals surface area contributed by atoms with Crippen molar-refractivity contribution in [3.8, 4) is 0 Å². The molecular weight excluding hydrogens is 268 g/mol. The Bertz CT molecular complexity index is 649. The second-order valence-electron chi connectivity index (χ2n) is 4.83. The van der Waals surface area contributed by atoms with Crippen LogP contribution in [0.3, 0.4) is 0 Å². The molecule has 0 saturated carbocycles. The molecule has 0 fully saturated rings. The van der Waals surface area contributed by atoms with Crippen LogP contribution in [0.25, 0.3) is 0 Å². The molecule has 6 nitrogen and oxygen atoms in total. The van der Waals surface area contributed by atoms with E-state index in [1.807, 2.05) is 24.3 Å². The zero-order valence-corrected chi connectivity index (χ0v) is 12.5. The van der Waals surface area contributed by atoms with Gasteiger partial charge in [-0.05, 0) is 25.0 Å². The lowest BCUT2D eigenvalue weighted by atomic mass is 10.1. The van der Waals surface area contributed by atoms with E-state index in [0.717, 1.165) is 17.7 Å². The Morgan fingerprint density at radius 1 is 1.43 bits per heavy atom. The van der Waals surface area contributed by atoms with Crippen LogP contribution in [-0.4, -0.2) is 29.4 Å². The van der Waals surface area contributed by atoms with Gasteiger partial charge in [-0.3, -0.25) is 9.48 Å². The third kappa shape index (κ3) is 3.22. The smallest absolute Gasteiger partial charge is 0.276 e. The highest BCUT2D eigenvalue weighted by Crippen LogP contribution is 2.20. The van der Waals surface area contributed by atoms with Crippen molar-refractivity contribution >= 4 is 17.3 Å². The molecule has 0 bridgehead atoms. The van der Waals surface area contributed by atoms with Crippen molar-refractivity contribution in [2.75, 3.05) is 24.8 Å². The van der Waals surface area contributed by atoms with Crippen molar-refractivity contribution < 1.29 is 9.53 Å². The van der Waals surface area contributed by atoms with Crippen LogP contribution in [0.4, 0.5) is 11.4 Å². The number of ether oxygens (including phenoxy) is 1. The van der Waals surface area contributed by atoms with Crippen molar-refractivity contribution in [1.29, 1.82) is 0 Å². The Labute approximate surface area is 123 Å². The van der Waals surface area contributed by atoms with Crippen LogP contribution in [0.2, 0.25) is 0 Å². The van der Waals surface area contributed by atoms with Crippen molar-refractivity contribution in [2.45, 2.75) is 13.3 Å². The second kappa shape index (κ2) is 6.41. The minimum absolute atomic E-state index is 0.263. The molecule has 0 spiro atoms. The van der Waals surface area contributed by atoms with Crippen LogP contribution in [0.1, 0.15) is 21.7 Å². The van der Waals surface area contributed by atoms with E-state index in [9.17, 15) is 4.79 Å². The molecule has 1 aromatic heterocycles. The number of carbonyl (C=O) groups is 1. The van der Waals surface area contributed by atoms with E-state index in [-0.39, 0.29) is 5.91 Å². The average Bonchev–Trinajstić information content (AvgIpc) is 2.71. The van der Waals surface area contributed by atoms with Gasteiger partial charge in [0.25, 0.3) is 5.91 Å². The zero-order chi connectivity index (χ0) is 15.4. The number of nitrogen functional groups attached to an aromatic ring is 1. The van der Waals surface area contributed by atoms with Gasteiger partial charge in [0.2, 0.25) is 0 Å². The highest BCUT2D eigenvalue weighted by molar-refractivity contribution is 6.07. The number of hydrogen-bond donors (Lipinski definition) is 2. The lowest BCUT2D eigenvalue weighted by Crippen LogP contribution is -2.18. The Hall–Kier alpha value is -2.34. The SMILES string of the molecule is COCCc1ccccc1NC(=O)c1c(N)c(C)nn1C. The van der Waals surface area contributed by atoms with Crippen molar-refractivity contribution in [3.63, 3.8) is 0 Å². The fourth-order valence-corrected chi connectivity index (χ4v) is 2.20. The fraction of sp³-hybridized carbons (Fsp3) is 0.333. The van der Waals surface area contributed by atoms with Gasteiger partial charge in [-0.2, -0.15) is 5.10 Å². The number of aryl methyl sites for hydroxylation is 2. The third-order valence-electron chi connectivity index (χ3n) is 3.32. The normalized spacial score (nSPS) is 10.6. The second-order valence-corrected chi connectivity index (χ2v) is 4.83. The lowest BCUT2D eigenvalue weighted by molar-refractivity contribution is 0.101. The first-order valence-corrected chi connectivity index (χ1v) is 6.72. The van der Waals surface area contributed by atoms with Gasteiger partial charge in [-0.1, -0.05) is 18.2 Å². The number of anilines is 2. The molecule has 0 unspecified atom stereocenters. The van der Waals surface area contributed by atoms with Gasteiger partial charge in [0.05, 0.1) is 18.0 Å². The maximum atomic E-state index is 12.4. The van der Waals surface area contributed by atoms with E-state index in [2.05, 4.69) is 10.4 Å². The molecule has 0 aliphatic carbocycles. The number of hydrogen-bond acceptors (Lipinski definition) is 4. The predicted octanol–water partition coefficient (Wildman–Crippen LogP) is 1.75. The minimum atomic E-state index is -0.263. The molecule has 0 atom stereocenters. The van der Waals surface area contributed by atoms with Crippen LogP contribution in [0.15, 0.2) is 24.3 Å².